The average Bonchev–Trinajstić information content (AvgIpc) is 3.04. The summed E-state index contributed by atoms with van der Waals surface area (Å²) in [5.74, 6) is -1.01. The number of piperidine rings is 1. The number of esters is 1. The van der Waals surface area contributed by atoms with Crippen LogP contribution in [0.15, 0.2) is 29.2 Å². The zero-order valence-electron chi connectivity index (χ0n) is 20.0. The topological polar surface area (TPSA) is 97.7 Å². The highest BCUT2D eigenvalue weighted by molar-refractivity contribution is 7.89. The summed E-state index contributed by atoms with van der Waals surface area (Å²) >= 11 is 0. The van der Waals surface area contributed by atoms with Crippen LogP contribution in [0.4, 0.5) is 5.69 Å². The van der Waals surface area contributed by atoms with Gasteiger partial charge >= 0.3 is 5.97 Å². The maximum atomic E-state index is 13.5. The Morgan fingerprint density at radius 2 is 1.67 bits per heavy atom. The van der Waals surface area contributed by atoms with Crippen molar-refractivity contribution < 1.29 is 22.7 Å². The second-order valence-corrected chi connectivity index (χ2v) is 10.2. The van der Waals surface area contributed by atoms with Crippen molar-refractivity contribution >= 4 is 27.6 Å². The fourth-order valence-electron chi connectivity index (χ4n) is 4.23. The summed E-state index contributed by atoms with van der Waals surface area (Å²) in [6.45, 7) is 7.74. The number of sulfonamides is 1. The second-order valence-electron chi connectivity index (χ2n) is 8.37. The van der Waals surface area contributed by atoms with Crippen molar-refractivity contribution in [1.82, 2.24) is 8.87 Å². The minimum absolute atomic E-state index is 0.000125. The molecule has 1 amide bonds. The molecule has 0 radical (unpaired) electrons. The highest BCUT2D eigenvalue weighted by atomic mass is 32.2. The van der Waals surface area contributed by atoms with Crippen LogP contribution in [-0.4, -0.2) is 48.9 Å². The van der Waals surface area contributed by atoms with Gasteiger partial charge in [-0.05, 0) is 57.7 Å². The van der Waals surface area contributed by atoms with E-state index in [1.54, 1.807) is 32.4 Å². The molecule has 3 rings (SSSR count). The Morgan fingerprint density at radius 1 is 1.06 bits per heavy atom. The molecule has 1 aromatic carbocycles. The summed E-state index contributed by atoms with van der Waals surface area (Å²) in [4.78, 5) is 25.3. The van der Waals surface area contributed by atoms with E-state index in [2.05, 4.69) is 12.2 Å². The van der Waals surface area contributed by atoms with Crippen molar-refractivity contribution in [3.8, 4) is 0 Å². The minimum Gasteiger partial charge on any atom is -0.462 e. The van der Waals surface area contributed by atoms with Crippen LogP contribution in [0.2, 0.25) is 0 Å². The Balaban J connectivity index is 1.74. The average molecular weight is 476 g/mol. The molecule has 33 heavy (non-hydrogen) atoms. The Hall–Kier alpha value is -2.65. The molecule has 0 unspecified atom stereocenters. The fraction of sp³-hybridized carbons (Fsp3) is 0.500. The van der Waals surface area contributed by atoms with Crippen molar-refractivity contribution in [3.63, 3.8) is 0 Å². The molecule has 0 aliphatic carbocycles. The van der Waals surface area contributed by atoms with Gasteiger partial charge in [-0.25, -0.2) is 13.2 Å². The largest absolute Gasteiger partial charge is 0.462 e. The molecule has 0 saturated carbocycles. The number of anilines is 1. The van der Waals surface area contributed by atoms with Gasteiger partial charge in [0.15, 0.2) is 0 Å². The summed E-state index contributed by atoms with van der Waals surface area (Å²) in [5.41, 5.74) is 3.06. The number of amides is 1. The van der Waals surface area contributed by atoms with E-state index in [4.69, 9.17) is 4.74 Å². The maximum absolute atomic E-state index is 13.5. The second kappa shape index (κ2) is 10.1. The molecule has 0 spiro atoms. The minimum atomic E-state index is -3.92. The van der Waals surface area contributed by atoms with Crippen LogP contribution in [0.3, 0.4) is 0 Å². The number of nitrogens with one attached hydrogen (secondary N) is 1. The van der Waals surface area contributed by atoms with Crippen LogP contribution >= 0.6 is 0 Å². The predicted octanol–water partition coefficient (Wildman–Crippen LogP) is 3.42. The van der Waals surface area contributed by atoms with Crippen LogP contribution in [0.5, 0.6) is 0 Å². The summed E-state index contributed by atoms with van der Waals surface area (Å²) < 4.78 is 35.3. The number of aromatic nitrogens is 1. The van der Waals surface area contributed by atoms with Crippen molar-refractivity contribution in [1.29, 1.82) is 0 Å². The highest BCUT2D eigenvalue weighted by Gasteiger charge is 2.38. The van der Waals surface area contributed by atoms with Crippen molar-refractivity contribution in [2.45, 2.75) is 51.9 Å². The van der Waals surface area contributed by atoms with Gasteiger partial charge < -0.3 is 14.6 Å². The molecule has 2 heterocycles. The third kappa shape index (κ3) is 4.99. The zero-order valence-corrected chi connectivity index (χ0v) is 20.8. The molecule has 180 valence electrons. The molecule has 1 N–H and O–H groups in total. The first-order valence-corrected chi connectivity index (χ1v) is 12.8. The first-order valence-electron chi connectivity index (χ1n) is 11.3. The van der Waals surface area contributed by atoms with Gasteiger partial charge in [0.2, 0.25) is 15.9 Å². The summed E-state index contributed by atoms with van der Waals surface area (Å²) in [6.07, 6.45) is 1.76. The lowest BCUT2D eigenvalue weighted by Crippen LogP contribution is -2.41. The predicted molar refractivity (Wildman–Crippen MR) is 127 cm³/mol. The van der Waals surface area contributed by atoms with E-state index in [0.29, 0.717) is 24.2 Å². The van der Waals surface area contributed by atoms with Crippen molar-refractivity contribution in [3.05, 3.63) is 46.8 Å². The van der Waals surface area contributed by atoms with E-state index in [1.807, 2.05) is 24.3 Å². The highest BCUT2D eigenvalue weighted by Crippen LogP contribution is 2.32. The summed E-state index contributed by atoms with van der Waals surface area (Å²) in [5, 5.41) is 2.93. The lowest BCUT2D eigenvalue weighted by Gasteiger charge is -2.30. The van der Waals surface area contributed by atoms with Crippen molar-refractivity contribution in [2.24, 2.45) is 13.0 Å². The van der Waals surface area contributed by atoms with Gasteiger partial charge in [0.1, 0.15) is 10.5 Å². The number of hydrogen-bond acceptors (Lipinski definition) is 5. The van der Waals surface area contributed by atoms with E-state index in [0.717, 1.165) is 12.1 Å². The first kappa shape index (κ1) is 25.0. The van der Waals surface area contributed by atoms with Gasteiger partial charge in [0.05, 0.1) is 6.61 Å². The Morgan fingerprint density at radius 3 is 2.21 bits per heavy atom. The van der Waals surface area contributed by atoms with Gasteiger partial charge in [0.25, 0.3) is 0 Å². The van der Waals surface area contributed by atoms with Crippen LogP contribution in [0, 0.1) is 19.8 Å². The molecule has 1 fully saturated rings. The number of hydrogen-bond donors (Lipinski definition) is 1. The van der Waals surface area contributed by atoms with E-state index in [9.17, 15) is 18.0 Å². The van der Waals surface area contributed by atoms with Crippen molar-refractivity contribution in [2.75, 3.05) is 25.0 Å². The van der Waals surface area contributed by atoms with Gasteiger partial charge in [-0.3, -0.25) is 4.79 Å². The lowest BCUT2D eigenvalue weighted by molar-refractivity contribution is -0.120. The molecule has 1 saturated heterocycles. The number of carbonyl (C=O) groups is 2. The molecule has 9 heteroatoms. The molecule has 2 aromatic rings. The Kier molecular flexibility index (Phi) is 7.64. The fourth-order valence-corrected chi connectivity index (χ4v) is 6.18. The van der Waals surface area contributed by atoms with E-state index in [-0.39, 0.29) is 42.0 Å². The standard InChI is InChI=1S/C24H33N3O5S/c1-6-18-8-10-20(11-9-18)25-23(28)19-12-14-27(15-13-19)33(30,31)22-17(4)26(5)16(3)21(22)24(29)32-7-2/h8-11,19H,6-7,12-15H2,1-5H3,(H,25,28). The number of benzene rings is 1. The SMILES string of the molecule is CCOC(=O)c1c(S(=O)(=O)N2CCC(C(=O)Nc3ccc(CC)cc3)CC2)c(C)n(C)c1C. The third-order valence-electron chi connectivity index (χ3n) is 6.46. The van der Waals surface area contributed by atoms with Gasteiger partial charge in [0, 0.05) is 43.1 Å². The Bertz CT molecular complexity index is 1130. The number of nitrogens with zero attached hydrogens (tertiary/aromatic N) is 2. The number of rotatable bonds is 7. The smallest absolute Gasteiger partial charge is 0.341 e. The van der Waals surface area contributed by atoms with Gasteiger partial charge in [-0.15, -0.1) is 0 Å². The molecule has 0 atom stereocenters. The van der Waals surface area contributed by atoms with Crippen LogP contribution in [0.1, 0.15) is 54.0 Å². The van der Waals surface area contributed by atoms with Crippen LogP contribution in [-0.2, 0) is 33.0 Å². The third-order valence-corrected chi connectivity index (χ3v) is 8.52. The van der Waals surface area contributed by atoms with E-state index in [1.165, 1.54) is 9.87 Å². The molecular formula is C24H33N3O5S. The summed E-state index contributed by atoms with van der Waals surface area (Å²) in [6, 6.07) is 7.73. The van der Waals surface area contributed by atoms with Crippen LogP contribution in [0.25, 0.3) is 0 Å². The monoisotopic (exact) mass is 475 g/mol. The van der Waals surface area contributed by atoms with E-state index >= 15 is 0 Å². The number of ether oxygens (including phenoxy) is 1. The maximum Gasteiger partial charge on any atom is 0.341 e. The normalized spacial score (nSPS) is 15.4. The molecule has 8 nitrogen and oxygen atoms in total. The zero-order chi connectivity index (χ0) is 24.3. The van der Waals surface area contributed by atoms with Gasteiger partial charge in [-0.2, -0.15) is 4.31 Å². The molecule has 1 aromatic heterocycles. The van der Waals surface area contributed by atoms with Gasteiger partial charge in [-0.1, -0.05) is 19.1 Å². The first-order chi connectivity index (χ1) is 15.6. The van der Waals surface area contributed by atoms with Crippen LogP contribution < -0.4 is 5.32 Å². The summed E-state index contributed by atoms with van der Waals surface area (Å²) in [7, 11) is -2.19. The molecule has 1 aliphatic rings. The Labute approximate surface area is 196 Å². The molecular weight excluding hydrogens is 442 g/mol. The lowest BCUT2D eigenvalue weighted by atomic mass is 9.97. The number of aryl methyl sites for hydroxylation is 1. The molecule has 0 bridgehead atoms. The molecule has 1 aliphatic heterocycles. The number of carbonyl (C=O) groups excluding carboxylic acids is 2. The van der Waals surface area contributed by atoms with E-state index < -0.39 is 16.0 Å². The quantitative estimate of drug-likeness (QED) is 0.619.